The van der Waals surface area contributed by atoms with E-state index in [1.165, 1.54) is 20.3 Å². The molecule has 1 fully saturated rings. The number of hydrogen-bond acceptors (Lipinski definition) is 7. The quantitative estimate of drug-likeness (QED) is 0.375. The Balaban J connectivity index is 1.89. The summed E-state index contributed by atoms with van der Waals surface area (Å²) in [5.74, 6) is 3.12. The number of benzene rings is 1. The maximum absolute atomic E-state index is 15.0. The first-order valence-corrected chi connectivity index (χ1v) is 12.0. The molecule has 200 valence electrons. The van der Waals surface area contributed by atoms with Crippen LogP contribution in [-0.4, -0.2) is 78.4 Å². The number of methoxy groups -OCH3 is 2. The fourth-order valence-corrected chi connectivity index (χ4v) is 4.52. The molecule has 9 nitrogen and oxygen atoms in total. The third-order valence-electron chi connectivity index (χ3n) is 6.53. The van der Waals surface area contributed by atoms with Crippen molar-refractivity contribution in [1.29, 1.82) is 0 Å². The van der Waals surface area contributed by atoms with Crippen molar-refractivity contribution in [1.82, 2.24) is 24.6 Å². The second-order valence-corrected chi connectivity index (χ2v) is 9.20. The predicted octanol–water partition coefficient (Wildman–Crippen LogP) is 2.77. The molecule has 1 aliphatic rings. The van der Waals surface area contributed by atoms with Crippen LogP contribution < -0.4 is 15.2 Å². The summed E-state index contributed by atoms with van der Waals surface area (Å²) in [7, 11) is 6.48. The lowest BCUT2D eigenvalue weighted by molar-refractivity contribution is -0.125. The van der Waals surface area contributed by atoms with E-state index in [1.54, 1.807) is 11.1 Å². The van der Waals surface area contributed by atoms with Crippen molar-refractivity contribution in [2.75, 3.05) is 53.7 Å². The number of carbonyl (C=O) groups excluding carboxylic acids is 1. The van der Waals surface area contributed by atoms with Gasteiger partial charge in [-0.2, -0.15) is 5.10 Å². The van der Waals surface area contributed by atoms with E-state index in [9.17, 15) is 13.6 Å². The number of amides is 1. The standard InChI is InChI=1S/C27H30F2N6O3/c1-6-22(36)34-12-10-17(15-34)35-26-16(9-11-33(2)3)14-31-27(30)23(26)19(32-35)8-7-18-24(28)20(37-4)13-21(38-5)25(18)29/h6,13-14,17H,1,9-12,15H2,2-5H3,(H2,30,31). The minimum Gasteiger partial charge on any atom is -0.493 e. The predicted molar refractivity (Wildman–Crippen MR) is 140 cm³/mol. The Kier molecular flexibility index (Phi) is 7.83. The Morgan fingerprint density at radius 3 is 2.55 bits per heavy atom. The normalized spacial score (nSPS) is 15.0. The van der Waals surface area contributed by atoms with Crippen LogP contribution in [0.25, 0.3) is 10.9 Å². The first-order valence-electron chi connectivity index (χ1n) is 12.0. The molecule has 4 rings (SSSR count). The largest absolute Gasteiger partial charge is 0.493 e. The molecule has 1 unspecified atom stereocenters. The van der Waals surface area contributed by atoms with Crippen molar-refractivity contribution >= 4 is 22.6 Å². The summed E-state index contributed by atoms with van der Waals surface area (Å²) < 4.78 is 41.8. The lowest BCUT2D eigenvalue weighted by Crippen LogP contribution is -2.27. The summed E-state index contributed by atoms with van der Waals surface area (Å²) in [6.45, 7) is 5.30. The minimum absolute atomic E-state index is 0.151. The number of anilines is 1. The van der Waals surface area contributed by atoms with Crippen LogP contribution in [0.3, 0.4) is 0 Å². The van der Waals surface area contributed by atoms with Crippen LogP contribution in [0.5, 0.6) is 11.5 Å². The SMILES string of the molecule is C=CC(=O)N1CCC(n2nc(C#Cc3c(F)c(OC)cc(OC)c3F)c3c(N)ncc(CCN(C)C)c32)C1. The first kappa shape index (κ1) is 26.9. The van der Waals surface area contributed by atoms with Crippen molar-refractivity contribution in [3.05, 3.63) is 53.4 Å². The molecule has 0 aliphatic carbocycles. The van der Waals surface area contributed by atoms with E-state index < -0.39 is 17.2 Å². The molecule has 1 atom stereocenters. The van der Waals surface area contributed by atoms with Gasteiger partial charge in [0.05, 0.1) is 31.2 Å². The zero-order chi connectivity index (χ0) is 27.6. The van der Waals surface area contributed by atoms with Crippen LogP contribution in [0.2, 0.25) is 0 Å². The lowest BCUT2D eigenvalue weighted by Gasteiger charge is -2.17. The fraction of sp³-hybridized carbons (Fsp3) is 0.370. The van der Waals surface area contributed by atoms with E-state index in [-0.39, 0.29) is 35.0 Å². The summed E-state index contributed by atoms with van der Waals surface area (Å²) in [4.78, 5) is 20.3. The Hall–Kier alpha value is -4.17. The summed E-state index contributed by atoms with van der Waals surface area (Å²) in [5.41, 5.74) is 7.66. The highest BCUT2D eigenvalue weighted by atomic mass is 19.1. The van der Waals surface area contributed by atoms with E-state index in [1.807, 2.05) is 23.7 Å². The van der Waals surface area contributed by atoms with Crippen molar-refractivity contribution in [3.63, 3.8) is 0 Å². The second-order valence-electron chi connectivity index (χ2n) is 9.20. The average Bonchev–Trinajstić information content (AvgIpc) is 3.54. The van der Waals surface area contributed by atoms with Crippen LogP contribution in [0, 0.1) is 23.5 Å². The number of nitrogens with zero attached hydrogens (tertiary/aromatic N) is 5. The van der Waals surface area contributed by atoms with Gasteiger partial charge in [-0.3, -0.25) is 9.48 Å². The van der Waals surface area contributed by atoms with Gasteiger partial charge in [0.2, 0.25) is 5.91 Å². The number of ether oxygens (including phenoxy) is 2. The molecule has 1 saturated heterocycles. The van der Waals surface area contributed by atoms with Gasteiger partial charge in [-0.05, 0) is 44.5 Å². The van der Waals surface area contributed by atoms with Gasteiger partial charge in [-0.15, -0.1) is 0 Å². The van der Waals surface area contributed by atoms with Gasteiger partial charge < -0.3 is 25.0 Å². The van der Waals surface area contributed by atoms with Crippen molar-refractivity contribution in [3.8, 4) is 23.3 Å². The fourth-order valence-electron chi connectivity index (χ4n) is 4.52. The molecule has 2 N–H and O–H groups in total. The number of aromatic nitrogens is 3. The number of carbonyl (C=O) groups is 1. The minimum atomic E-state index is -0.950. The van der Waals surface area contributed by atoms with E-state index in [0.29, 0.717) is 31.3 Å². The van der Waals surface area contributed by atoms with Crippen LogP contribution in [0.15, 0.2) is 24.9 Å². The highest BCUT2D eigenvalue weighted by Gasteiger charge is 2.30. The lowest BCUT2D eigenvalue weighted by atomic mass is 10.1. The Labute approximate surface area is 219 Å². The molecule has 3 heterocycles. The topological polar surface area (TPSA) is 98.7 Å². The molecule has 1 aliphatic heterocycles. The molecular formula is C27H30F2N6O3. The third-order valence-corrected chi connectivity index (χ3v) is 6.53. The first-order chi connectivity index (χ1) is 18.2. The molecule has 1 aromatic carbocycles. The van der Waals surface area contributed by atoms with Gasteiger partial charge in [0.1, 0.15) is 17.1 Å². The molecule has 0 bridgehead atoms. The van der Waals surface area contributed by atoms with Gasteiger partial charge in [0.15, 0.2) is 23.1 Å². The summed E-state index contributed by atoms with van der Waals surface area (Å²) in [5, 5.41) is 5.24. The van der Waals surface area contributed by atoms with Crippen molar-refractivity contribution in [2.24, 2.45) is 0 Å². The second kappa shape index (κ2) is 11.1. The average molecular weight is 525 g/mol. The number of likely N-dealkylation sites (tertiary alicyclic amines) is 1. The van der Waals surface area contributed by atoms with E-state index in [2.05, 4.69) is 23.4 Å². The molecule has 1 amide bonds. The molecular weight excluding hydrogens is 494 g/mol. The summed E-state index contributed by atoms with van der Waals surface area (Å²) in [6, 6.07) is 0.970. The zero-order valence-electron chi connectivity index (χ0n) is 21.8. The number of fused-ring (bicyclic) bond motifs is 1. The number of nitrogens with two attached hydrogens (primary N) is 1. The third kappa shape index (κ3) is 4.99. The van der Waals surface area contributed by atoms with Crippen LogP contribution >= 0.6 is 0 Å². The number of rotatable bonds is 7. The number of pyridine rings is 1. The number of likely N-dealkylation sites (N-methyl/N-ethyl adjacent to an activating group) is 1. The molecule has 0 saturated carbocycles. The van der Waals surface area contributed by atoms with Crippen molar-refractivity contribution in [2.45, 2.75) is 18.9 Å². The van der Waals surface area contributed by atoms with Gasteiger partial charge in [0.25, 0.3) is 0 Å². The molecule has 11 heteroatoms. The highest BCUT2D eigenvalue weighted by molar-refractivity contribution is 5.95. The van der Waals surface area contributed by atoms with Crippen LogP contribution in [0.4, 0.5) is 14.6 Å². The van der Waals surface area contributed by atoms with Gasteiger partial charge >= 0.3 is 0 Å². The van der Waals surface area contributed by atoms with Gasteiger partial charge in [-0.25, -0.2) is 13.8 Å². The number of hydrogen-bond donors (Lipinski definition) is 1. The van der Waals surface area contributed by atoms with E-state index in [4.69, 9.17) is 20.3 Å². The van der Waals surface area contributed by atoms with Crippen LogP contribution in [-0.2, 0) is 11.2 Å². The van der Waals surface area contributed by atoms with E-state index >= 15 is 0 Å². The summed E-state index contributed by atoms with van der Waals surface area (Å²) in [6.07, 6.45) is 4.32. The monoisotopic (exact) mass is 524 g/mol. The Bertz CT molecular complexity index is 1430. The smallest absolute Gasteiger partial charge is 0.246 e. The van der Waals surface area contributed by atoms with Gasteiger partial charge in [0, 0.05) is 31.9 Å². The molecule has 0 radical (unpaired) electrons. The maximum Gasteiger partial charge on any atom is 0.246 e. The molecule has 0 spiro atoms. The van der Waals surface area contributed by atoms with Crippen molar-refractivity contribution < 1.29 is 23.0 Å². The maximum atomic E-state index is 15.0. The molecule has 3 aromatic rings. The molecule has 2 aromatic heterocycles. The number of nitrogen functional groups attached to an aromatic ring is 1. The Morgan fingerprint density at radius 1 is 1.26 bits per heavy atom. The number of halogens is 2. The summed E-state index contributed by atoms with van der Waals surface area (Å²) >= 11 is 0. The zero-order valence-corrected chi connectivity index (χ0v) is 21.8. The van der Waals surface area contributed by atoms with Gasteiger partial charge in [-0.1, -0.05) is 12.5 Å². The highest BCUT2D eigenvalue weighted by Crippen LogP contribution is 2.33. The molecule has 38 heavy (non-hydrogen) atoms. The van der Waals surface area contributed by atoms with Crippen LogP contribution in [0.1, 0.15) is 29.3 Å². The van der Waals surface area contributed by atoms with E-state index in [0.717, 1.165) is 23.7 Å². The Morgan fingerprint density at radius 2 is 1.95 bits per heavy atom.